The smallest absolute Gasteiger partial charge is 0.191 e. The fourth-order valence-electron chi connectivity index (χ4n) is 3.84. The summed E-state index contributed by atoms with van der Waals surface area (Å²) in [5.74, 6) is 1.61. The molecule has 4 heteroatoms. The number of hydrogen-bond acceptors (Lipinski definition) is 2. The molecule has 0 aromatic rings. The summed E-state index contributed by atoms with van der Waals surface area (Å²) < 4.78 is 5.96. The van der Waals surface area contributed by atoms with Crippen molar-refractivity contribution >= 4 is 5.96 Å². The van der Waals surface area contributed by atoms with Crippen LogP contribution >= 0.6 is 0 Å². The van der Waals surface area contributed by atoms with Gasteiger partial charge in [-0.05, 0) is 31.1 Å². The SMILES string of the molecule is CN=C(NCC1(C)CC1)NC1C2CCCOC2C1(C)C. The van der Waals surface area contributed by atoms with Crippen molar-refractivity contribution in [3.8, 4) is 0 Å². The van der Waals surface area contributed by atoms with Crippen LogP contribution in [0.25, 0.3) is 0 Å². The van der Waals surface area contributed by atoms with Gasteiger partial charge < -0.3 is 15.4 Å². The second-order valence-electron chi connectivity index (χ2n) is 7.78. The van der Waals surface area contributed by atoms with Gasteiger partial charge >= 0.3 is 0 Å². The summed E-state index contributed by atoms with van der Waals surface area (Å²) in [4.78, 5) is 4.40. The van der Waals surface area contributed by atoms with Gasteiger partial charge in [-0.3, -0.25) is 4.99 Å². The molecule has 2 aliphatic carbocycles. The molecule has 3 unspecified atom stereocenters. The van der Waals surface area contributed by atoms with E-state index in [1.54, 1.807) is 0 Å². The van der Waals surface area contributed by atoms with E-state index in [0.717, 1.165) is 19.1 Å². The number of hydrogen-bond donors (Lipinski definition) is 2. The van der Waals surface area contributed by atoms with Crippen LogP contribution in [0.3, 0.4) is 0 Å². The maximum absolute atomic E-state index is 5.96. The molecule has 0 amide bonds. The third kappa shape index (κ3) is 2.43. The quantitative estimate of drug-likeness (QED) is 0.615. The van der Waals surface area contributed by atoms with Crippen molar-refractivity contribution in [2.24, 2.45) is 21.7 Å². The van der Waals surface area contributed by atoms with Gasteiger partial charge in [0.25, 0.3) is 0 Å². The third-order valence-corrected chi connectivity index (χ3v) is 5.63. The van der Waals surface area contributed by atoms with Crippen LogP contribution in [0.5, 0.6) is 0 Å². The molecule has 2 N–H and O–H groups in total. The van der Waals surface area contributed by atoms with Crippen LogP contribution in [0, 0.1) is 16.7 Å². The predicted octanol–water partition coefficient (Wildman–Crippen LogP) is 2.16. The molecule has 3 aliphatic rings. The summed E-state index contributed by atoms with van der Waals surface area (Å²) in [5, 5.41) is 7.15. The van der Waals surface area contributed by atoms with Crippen molar-refractivity contribution in [2.75, 3.05) is 20.2 Å². The lowest BCUT2D eigenvalue weighted by molar-refractivity contribution is -0.188. The average molecular weight is 279 g/mol. The fourth-order valence-corrected chi connectivity index (χ4v) is 3.84. The molecule has 4 nitrogen and oxygen atoms in total. The molecule has 3 atom stereocenters. The van der Waals surface area contributed by atoms with E-state index in [9.17, 15) is 0 Å². The molecule has 1 aliphatic heterocycles. The second-order valence-corrected chi connectivity index (χ2v) is 7.78. The summed E-state index contributed by atoms with van der Waals surface area (Å²) in [6.07, 6.45) is 5.57. The number of rotatable bonds is 3. The molecule has 0 bridgehead atoms. The number of nitrogens with one attached hydrogen (secondary N) is 2. The Morgan fingerprint density at radius 3 is 2.70 bits per heavy atom. The van der Waals surface area contributed by atoms with Crippen molar-refractivity contribution in [1.82, 2.24) is 10.6 Å². The largest absolute Gasteiger partial charge is 0.377 e. The lowest BCUT2D eigenvalue weighted by atomic mass is 9.55. The van der Waals surface area contributed by atoms with E-state index in [1.165, 1.54) is 25.7 Å². The first-order valence-corrected chi connectivity index (χ1v) is 8.05. The fraction of sp³-hybridized carbons (Fsp3) is 0.938. The van der Waals surface area contributed by atoms with Crippen molar-refractivity contribution in [1.29, 1.82) is 0 Å². The highest BCUT2D eigenvalue weighted by Crippen LogP contribution is 2.51. The Hall–Kier alpha value is -0.770. The van der Waals surface area contributed by atoms with Crippen LogP contribution in [-0.2, 0) is 4.74 Å². The maximum Gasteiger partial charge on any atom is 0.191 e. The molecular weight excluding hydrogens is 250 g/mol. The zero-order valence-corrected chi connectivity index (χ0v) is 13.3. The van der Waals surface area contributed by atoms with Crippen LogP contribution in [0.1, 0.15) is 46.5 Å². The normalized spacial score (nSPS) is 37.6. The number of nitrogens with zero attached hydrogens (tertiary/aromatic N) is 1. The monoisotopic (exact) mass is 279 g/mol. The Labute approximate surface area is 122 Å². The van der Waals surface area contributed by atoms with Crippen LogP contribution < -0.4 is 10.6 Å². The zero-order valence-electron chi connectivity index (χ0n) is 13.3. The molecule has 3 fully saturated rings. The van der Waals surface area contributed by atoms with Gasteiger partial charge in [-0.15, -0.1) is 0 Å². The topological polar surface area (TPSA) is 45.7 Å². The van der Waals surface area contributed by atoms with E-state index >= 15 is 0 Å². The molecule has 114 valence electrons. The van der Waals surface area contributed by atoms with Crippen LogP contribution in [0.15, 0.2) is 4.99 Å². The summed E-state index contributed by atoms with van der Waals surface area (Å²) in [5.41, 5.74) is 0.704. The lowest BCUT2D eigenvalue weighted by Gasteiger charge is -2.60. The van der Waals surface area contributed by atoms with E-state index in [-0.39, 0.29) is 5.41 Å². The van der Waals surface area contributed by atoms with Crippen LogP contribution in [-0.4, -0.2) is 38.3 Å². The van der Waals surface area contributed by atoms with E-state index in [0.29, 0.717) is 23.5 Å². The van der Waals surface area contributed by atoms with Crippen molar-refractivity contribution in [3.63, 3.8) is 0 Å². The van der Waals surface area contributed by atoms with Gasteiger partial charge in [0.2, 0.25) is 0 Å². The van der Waals surface area contributed by atoms with Gasteiger partial charge in [-0.1, -0.05) is 20.8 Å². The highest BCUT2D eigenvalue weighted by Gasteiger charge is 2.58. The van der Waals surface area contributed by atoms with Gasteiger partial charge in [0.1, 0.15) is 0 Å². The Morgan fingerprint density at radius 2 is 2.05 bits per heavy atom. The number of guanidine groups is 1. The highest BCUT2D eigenvalue weighted by atomic mass is 16.5. The van der Waals surface area contributed by atoms with Gasteiger partial charge in [0.05, 0.1) is 6.10 Å². The Kier molecular flexibility index (Phi) is 3.47. The molecule has 20 heavy (non-hydrogen) atoms. The summed E-state index contributed by atoms with van der Waals surface area (Å²) >= 11 is 0. The summed E-state index contributed by atoms with van der Waals surface area (Å²) in [6, 6.07) is 0.478. The molecular formula is C16H29N3O. The second kappa shape index (κ2) is 4.90. The minimum Gasteiger partial charge on any atom is -0.377 e. The van der Waals surface area contributed by atoms with Gasteiger partial charge in [0, 0.05) is 37.6 Å². The first-order chi connectivity index (χ1) is 9.46. The Balaban J connectivity index is 1.58. The number of ether oxygens (including phenoxy) is 1. The molecule has 0 aromatic heterocycles. The molecule has 1 heterocycles. The Bertz CT molecular complexity index is 401. The maximum atomic E-state index is 5.96. The van der Waals surface area contributed by atoms with E-state index in [1.807, 2.05) is 7.05 Å². The minimum atomic E-state index is 0.201. The average Bonchev–Trinajstić information content (AvgIpc) is 3.17. The van der Waals surface area contributed by atoms with Gasteiger partial charge in [-0.25, -0.2) is 0 Å². The molecule has 0 aromatic carbocycles. The molecule has 0 radical (unpaired) electrons. The van der Waals surface area contributed by atoms with Crippen molar-refractivity contribution < 1.29 is 4.74 Å². The van der Waals surface area contributed by atoms with Gasteiger partial charge in [-0.2, -0.15) is 0 Å². The van der Waals surface area contributed by atoms with Crippen LogP contribution in [0.2, 0.25) is 0 Å². The Morgan fingerprint density at radius 1 is 1.30 bits per heavy atom. The van der Waals surface area contributed by atoms with Crippen molar-refractivity contribution in [2.45, 2.75) is 58.6 Å². The summed E-state index contributed by atoms with van der Waals surface area (Å²) in [6.45, 7) is 8.93. The zero-order chi connectivity index (χ0) is 14.4. The van der Waals surface area contributed by atoms with Crippen molar-refractivity contribution in [3.05, 3.63) is 0 Å². The number of aliphatic imine (C=N–C) groups is 1. The minimum absolute atomic E-state index is 0.201. The first-order valence-electron chi connectivity index (χ1n) is 8.05. The van der Waals surface area contributed by atoms with E-state index < -0.39 is 0 Å². The molecule has 3 rings (SSSR count). The number of fused-ring (bicyclic) bond motifs is 1. The summed E-state index contributed by atoms with van der Waals surface area (Å²) in [7, 11) is 1.87. The molecule has 2 saturated carbocycles. The standard InChI is InChI=1S/C16H29N3O/c1-15(2)12(11-6-5-9-20-13(11)15)19-14(17-4)18-10-16(3)7-8-16/h11-13H,5-10H2,1-4H3,(H2,17,18,19). The predicted molar refractivity (Wildman–Crippen MR) is 81.9 cm³/mol. The van der Waals surface area contributed by atoms with E-state index in [4.69, 9.17) is 4.74 Å². The van der Waals surface area contributed by atoms with Gasteiger partial charge in [0.15, 0.2) is 5.96 Å². The lowest BCUT2D eigenvalue weighted by Crippen LogP contribution is -2.71. The first kappa shape index (κ1) is 14.2. The molecule has 0 spiro atoms. The van der Waals surface area contributed by atoms with Crippen LogP contribution in [0.4, 0.5) is 0 Å². The molecule has 1 saturated heterocycles. The third-order valence-electron chi connectivity index (χ3n) is 5.63. The highest BCUT2D eigenvalue weighted by molar-refractivity contribution is 5.80. The van der Waals surface area contributed by atoms with E-state index in [2.05, 4.69) is 36.4 Å².